The van der Waals surface area contributed by atoms with Crippen molar-refractivity contribution in [1.29, 1.82) is 0 Å². The number of rotatable bonds is 16. The van der Waals surface area contributed by atoms with Crippen LogP contribution in [0.2, 0.25) is 0 Å². The van der Waals surface area contributed by atoms with Gasteiger partial charge in [0.15, 0.2) is 0 Å². The van der Waals surface area contributed by atoms with E-state index in [1.807, 2.05) is 35.0 Å². The zero-order chi connectivity index (χ0) is 36.7. The third-order valence-electron chi connectivity index (χ3n) is 9.91. The number of nitrogens with zero attached hydrogens (tertiary/aromatic N) is 1. The molecule has 1 unspecified atom stereocenters. The summed E-state index contributed by atoms with van der Waals surface area (Å²) in [5.41, 5.74) is 0.0281. The lowest BCUT2D eigenvalue weighted by Crippen LogP contribution is -2.42. The Kier molecular flexibility index (Phi) is 12.5. The predicted octanol–water partition coefficient (Wildman–Crippen LogP) is 6.10. The average molecular weight is 746 g/mol. The van der Waals surface area contributed by atoms with Gasteiger partial charge in [0.1, 0.15) is 17.6 Å². The summed E-state index contributed by atoms with van der Waals surface area (Å²) < 4.78 is 12.0. The maximum absolute atomic E-state index is 13.3. The Bertz CT molecular complexity index is 1900. The van der Waals surface area contributed by atoms with Crippen LogP contribution in [0, 0.1) is 0 Å². The number of H-pyrrole nitrogens is 1. The number of aromatic amines is 1. The van der Waals surface area contributed by atoms with E-state index in [9.17, 15) is 24.9 Å². The smallest absolute Gasteiger partial charge is 0.349 e. The maximum atomic E-state index is 13.3. The normalized spacial score (nSPS) is 17.6. The van der Waals surface area contributed by atoms with Crippen molar-refractivity contribution < 1.29 is 29.6 Å². The van der Waals surface area contributed by atoms with Crippen LogP contribution in [-0.2, 0) is 21.6 Å². The Morgan fingerprint density at radius 2 is 1.69 bits per heavy atom. The van der Waals surface area contributed by atoms with Gasteiger partial charge in [0, 0.05) is 36.6 Å². The number of thiophene rings is 2. The van der Waals surface area contributed by atoms with Gasteiger partial charge in [0.25, 0.3) is 0 Å². The van der Waals surface area contributed by atoms with Gasteiger partial charge < -0.3 is 40.0 Å². The Labute approximate surface area is 311 Å². The molecule has 3 aromatic heterocycles. The van der Waals surface area contributed by atoms with Gasteiger partial charge in [-0.05, 0) is 111 Å². The van der Waals surface area contributed by atoms with Gasteiger partial charge in [0.2, 0.25) is 11.2 Å². The molecule has 5 aromatic rings. The predicted molar refractivity (Wildman–Crippen MR) is 205 cm³/mol. The van der Waals surface area contributed by atoms with Crippen LogP contribution in [0.15, 0.2) is 88.4 Å². The lowest BCUT2D eigenvalue weighted by molar-refractivity contribution is -0.169. The highest BCUT2D eigenvalue weighted by Gasteiger charge is 2.45. The quantitative estimate of drug-likeness (QED) is 0.0598. The Hall–Kier alpha value is -4.04. The van der Waals surface area contributed by atoms with E-state index in [0.29, 0.717) is 45.4 Å². The fourth-order valence-corrected chi connectivity index (χ4v) is 8.65. The van der Waals surface area contributed by atoms with E-state index in [4.69, 9.17) is 9.47 Å². The summed E-state index contributed by atoms with van der Waals surface area (Å²) in [6.07, 6.45) is 4.02. The minimum absolute atomic E-state index is 0.0305. The van der Waals surface area contributed by atoms with Crippen molar-refractivity contribution in [3.05, 3.63) is 115 Å². The van der Waals surface area contributed by atoms with Crippen LogP contribution in [0.25, 0.3) is 10.9 Å². The molecule has 0 aliphatic heterocycles. The third-order valence-corrected chi connectivity index (χ3v) is 11.9. The largest absolute Gasteiger partial charge is 0.506 e. The number of benzene rings is 2. The second kappa shape index (κ2) is 17.2. The van der Waals surface area contributed by atoms with Crippen molar-refractivity contribution in [2.24, 2.45) is 0 Å². The molecule has 0 amide bonds. The number of hydrogen-bond donors (Lipinski definition) is 5. The van der Waals surface area contributed by atoms with E-state index in [0.717, 1.165) is 56.4 Å². The standard InChI is InChI=1S/C40H47N3O7S2/c1-26(41-25-34(45)31-16-18-33(44)38-32(31)17-19-37(46)42-38)24-27-8-12-29(13-9-27)49-21-5-20-43(2)28-10-14-30(15-11-28)50-39(47)40(48,35-6-3-22-51-35)36-7-4-23-52-36/h3-4,6-9,12-13,16-19,22-23,26,28,30,34,41,44-45,48H,5,10-11,14-15,20-21,24-25H2,1-2H3,(H,42,46)/t26?,28?,30?,34-/m0/s1. The van der Waals surface area contributed by atoms with E-state index in [1.165, 1.54) is 34.8 Å². The molecule has 10 nitrogen and oxygen atoms in total. The topological polar surface area (TPSA) is 144 Å². The number of hydrogen-bond acceptors (Lipinski definition) is 11. The number of phenolic OH excluding ortho intramolecular Hbond substituents is 1. The molecule has 0 saturated heterocycles. The van der Waals surface area contributed by atoms with Gasteiger partial charge in [-0.15, -0.1) is 22.7 Å². The zero-order valence-electron chi connectivity index (χ0n) is 29.5. The van der Waals surface area contributed by atoms with Crippen LogP contribution in [0.4, 0.5) is 0 Å². The van der Waals surface area contributed by atoms with Crippen molar-refractivity contribution in [2.45, 2.75) is 75.3 Å². The molecular weight excluding hydrogens is 699 g/mol. The van der Waals surface area contributed by atoms with Gasteiger partial charge in [-0.25, -0.2) is 4.79 Å². The van der Waals surface area contributed by atoms with Crippen LogP contribution in [0.5, 0.6) is 11.5 Å². The number of phenols is 1. The zero-order valence-corrected chi connectivity index (χ0v) is 31.1. The number of aliphatic hydroxyl groups is 2. The Morgan fingerprint density at radius 3 is 2.35 bits per heavy atom. The molecule has 1 aliphatic rings. The first-order valence-corrected chi connectivity index (χ1v) is 19.6. The summed E-state index contributed by atoms with van der Waals surface area (Å²) in [7, 11) is 2.14. The molecule has 6 rings (SSSR count). The summed E-state index contributed by atoms with van der Waals surface area (Å²) in [6.45, 7) is 3.89. The second-order valence-corrected chi connectivity index (χ2v) is 15.5. The minimum Gasteiger partial charge on any atom is -0.506 e. The van der Waals surface area contributed by atoms with Crippen molar-refractivity contribution >= 4 is 39.5 Å². The van der Waals surface area contributed by atoms with Crippen LogP contribution in [0.1, 0.15) is 66.0 Å². The monoisotopic (exact) mass is 745 g/mol. The van der Waals surface area contributed by atoms with Crippen molar-refractivity contribution in [2.75, 3.05) is 26.7 Å². The molecule has 1 fully saturated rings. The molecule has 1 saturated carbocycles. The van der Waals surface area contributed by atoms with E-state index in [-0.39, 0.29) is 23.5 Å². The number of aromatic hydroxyl groups is 1. The molecule has 3 heterocycles. The first kappa shape index (κ1) is 37.7. The summed E-state index contributed by atoms with van der Waals surface area (Å²) in [6, 6.07) is 22.0. The third kappa shape index (κ3) is 8.94. The Balaban J connectivity index is 0.883. The van der Waals surface area contributed by atoms with Crippen molar-refractivity contribution in [3.8, 4) is 11.5 Å². The van der Waals surface area contributed by atoms with Crippen molar-refractivity contribution in [1.82, 2.24) is 15.2 Å². The fourth-order valence-electron chi connectivity index (χ4n) is 6.94. The molecule has 5 N–H and O–H groups in total. The van der Waals surface area contributed by atoms with Crippen LogP contribution >= 0.6 is 22.7 Å². The molecule has 0 bridgehead atoms. The molecule has 1 aliphatic carbocycles. The van der Waals surface area contributed by atoms with Gasteiger partial charge in [-0.1, -0.05) is 30.3 Å². The molecular formula is C40H47N3O7S2. The van der Waals surface area contributed by atoms with Crippen LogP contribution < -0.4 is 15.6 Å². The molecule has 0 spiro atoms. The number of ether oxygens (including phenoxy) is 2. The summed E-state index contributed by atoms with van der Waals surface area (Å²) in [5.74, 6) is 0.201. The lowest BCUT2D eigenvalue weighted by Gasteiger charge is -2.35. The number of pyridine rings is 1. The lowest BCUT2D eigenvalue weighted by atomic mass is 9.91. The molecule has 12 heteroatoms. The number of aliphatic hydroxyl groups excluding tert-OH is 1. The van der Waals surface area contributed by atoms with Crippen molar-refractivity contribution in [3.63, 3.8) is 0 Å². The number of carbonyl (C=O) groups excluding carboxylic acids is 1. The number of esters is 1. The van der Waals surface area contributed by atoms with E-state index in [2.05, 4.69) is 41.3 Å². The summed E-state index contributed by atoms with van der Waals surface area (Å²) in [5, 5.41) is 40.3. The van der Waals surface area contributed by atoms with E-state index in [1.54, 1.807) is 24.3 Å². The minimum atomic E-state index is -1.77. The van der Waals surface area contributed by atoms with Crippen LogP contribution in [-0.4, -0.2) is 76.1 Å². The molecule has 2 atom stereocenters. The number of fused-ring (bicyclic) bond motifs is 1. The molecule has 52 heavy (non-hydrogen) atoms. The maximum Gasteiger partial charge on any atom is 0.349 e. The highest BCUT2D eigenvalue weighted by Crippen LogP contribution is 2.38. The highest BCUT2D eigenvalue weighted by atomic mass is 32.1. The van der Waals surface area contributed by atoms with Gasteiger partial charge >= 0.3 is 5.97 Å². The van der Waals surface area contributed by atoms with Gasteiger partial charge in [0.05, 0.1) is 28.0 Å². The van der Waals surface area contributed by atoms with Gasteiger partial charge in [-0.3, -0.25) is 4.79 Å². The Morgan fingerprint density at radius 1 is 1.00 bits per heavy atom. The molecule has 276 valence electrons. The first-order valence-electron chi connectivity index (χ1n) is 17.8. The summed E-state index contributed by atoms with van der Waals surface area (Å²) in [4.78, 5) is 31.2. The SMILES string of the molecule is CC(Cc1ccc(OCCCN(C)C2CCC(OC(=O)C(O)(c3cccs3)c3cccs3)CC2)cc1)NC[C@H](O)c1ccc(O)c2[nH]c(=O)ccc12. The van der Waals surface area contributed by atoms with E-state index >= 15 is 0 Å². The second-order valence-electron chi connectivity index (χ2n) is 13.6. The first-order chi connectivity index (χ1) is 25.1. The number of aromatic nitrogens is 1. The number of carbonyl (C=O) groups is 1. The summed E-state index contributed by atoms with van der Waals surface area (Å²) >= 11 is 2.71. The van der Waals surface area contributed by atoms with Gasteiger partial charge in [-0.2, -0.15) is 0 Å². The number of nitrogens with one attached hydrogen (secondary N) is 2. The highest BCUT2D eigenvalue weighted by molar-refractivity contribution is 7.12. The van der Waals surface area contributed by atoms with E-state index < -0.39 is 17.7 Å². The molecule has 2 aromatic carbocycles. The average Bonchev–Trinajstić information content (AvgIpc) is 3.90. The fraction of sp³-hybridized carbons (Fsp3) is 0.400. The van der Waals surface area contributed by atoms with Crippen LogP contribution in [0.3, 0.4) is 0 Å². The molecule has 0 radical (unpaired) electrons.